The van der Waals surface area contributed by atoms with E-state index in [0.717, 1.165) is 16.7 Å². The first-order valence-electron chi connectivity index (χ1n) is 27.7. The van der Waals surface area contributed by atoms with Crippen molar-refractivity contribution in [3.63, 3.8) is 0 Å². The molecule has 6 amide bonds. The maximum atomic E-state index is 14.6. The van der Waals surface area contributed by atoms with Crippen molar-refractivity contribution in [2.75, 3.05) is 35.6 Å². The van der Waals surface area contributed by atoms with Crippen molar-refractivity contribution in [3.05, 3.63) is 197 Å². The monoisotopic (exact) mass is 1140 g/mol. The van der Waals surface area contributed by atoms with Gasteiger partial charge in [0.15, 0.2) is 5.60 Å². The highest BCUT2D eigenvalue weighted by Gasteiger charge is 2.49. The lowest BCUT2D eigenvalue weighted by atomic mass is 9.79. The maximum Gasteiger partial charge on any atom is 0.490 e. The Hall–Kier alpha value is -8.72. The second kappa shape index (κ2) is 32.1. The highest BCUT2D eigenvalue weighted by Crippen LogP contribution is 2.43. The summed E-state index contributed by atoms with van der Waals surface area (Å²) in [6.45, 7) is 1.08. The van der Waals surface area contributed by atoms with Crippen LogP contribution in [0.15, 0.2) is 164 Å². The first-order valence-corrected chi connectivity index (χ1v) is 27.7. The molecule has 438 valence electrons. The Morgan fingerprint density at radius 3 is 0.892 bits per heavy atom. The maximum absolute atomic E-state index is 14.6. The molecule has 0 unspecified atom stereocenters. The Labute approximate surface area is 481 Å². The Kier molecular flexibility index (Phi) is 24.5. The summed E-state index contributed by atoms with van der Waals surface area (Å²) in [7, 11) is 0. The molecule has 3 atom stereocenters. The van der Waals surface area contributed by atoms with Gasteiger partial charge in [0.1, 0.15) is 18.1 Å². The molecule has 0 saturated carbocycles. The number of unbranched alkanes of at least 4 members (excludes halogenated alkanes) is 3. The fraction of sp³-hybridized carbons (Fsp3) is 0.317. The number of esters is 1. The van der Waals surface area contributed by atoms with Crippen LogP contribution in [0.3, 0.4) is 0 Å². The summed E-state index contributed by atoms with van der Waals surface area (Å²) in [5.74, 6) is -5.47. The van der Waals surface area contributed by atoms with Crippen LogP contribution in [-0.2, 0) is 63.2 Å². The van der Waals surface area contributed by atoms with E-state index in [4.69, 9.17) is 21.9 Å². The van der Waals surface area contributed by atoms with E-state index in [-0.39, 0.29) is 72.3 Å². The molecular formula is C63H72F3N9O8. The molecule has 0 aliphatic rings. The summed E-state index contributed by atoms with van der Waals surface area (Å²) in [4.78, 5) is 94.6. The minimum Gasteiger partial charge on any atom is -0.438 e. The van der Waals surface area contributed by atoms with Crippen molar-refractivity contribution >= 4 is 58.5 Å². The molecule has 0 aliphatic carbocycles. The van der Waals surface area contributed by atoms with E-state index >= 15 is 0 Å². The second-order valence-corrected chi connectivity index (χ2v) is 20.0. The number of rotatable bonds is 31. The predicted octanol–water partition coefficient (Wildman–Crippen LogP) is 7.47. The molecule has 0 spiro atoms. The third-order valence-electron chi connectivity index (χ3n) is 13.6. The van der Waals surface area contributed by atoms with Crippen LogP contribution in [0, 0.1) is 0 Å². The van der Waals surface area contributed by atoms with Crippen LogP contribution in [0.25, 0.3) is 0 Å². The quantitative estimate of drug-likeness (QED) is 0.0117. The number of hydrogen-bond acceptors (Lipinski definition) is 11. The highest BCUT2D eigenvalue weighted by molar-refractivity contribution is 5.99. The van der Waals surface area contributed by atoms with E-state index < -0.39 is 71.3 Å². The largest absolute Gasteiger partial charge is 0.490 e. The van der Waals surface area contributed by atoms with Crippen LogP contribution >= 0.6 is 0 Å². The lowest BCUT2D eigenvalue weighted by molar-refractivity contribution is -0.209. The fourth-order valence-electron chi connectivity index (χ4n) is 9.29. The Bertz CT molecular complexity index is 2740. The molecule has 0 saturated heterocycles. The van der Waals surface area contributed by atoms with Crippen LogP contribution in [-0.4, -0.2) is 85.3 Å². The van der Waals surface area contributed by atoms with E-state index in [1.54, 1.807) is 72.8 Å². The molecule has 0 aromatic heterocycles. The summed E-state index contributed by atoms with van der Waals surface area (Å²) < 4.78 is 49.5. The SMILES string of the molecule is NCCCC[C@H](NC(=O)Cc1ccccc1)C(=O)Nc1ccc(C(OC(=O)C(F)(F)F)(c2ccc(NC(=O)[C@H](CCCCN)NC(=O)Cc3ccccc3)cc2)c2ccc(NC(=O)[C@H](CCCCN)NC(=O)Cc3ccccc3)cc2)cc1. The number of nitrogens with two attached hydrogens (primary N) is 3. The molecule has 6 aromatic rings. The number of ether oxygens (including phenoxy) is 1. The zero-order chi connectivity index (χ0) is 59.6. The second-order valence-electron chi connectivity index (χ2n) is 20.0. The van der Waals surface area contributed by atoms with Crippen molar-refractivity contribution in [1.82, 2.24) is 16.0 Å². The number of anilines is 3. The van der Waals surface area contributed by atoms with Crippen molar-refractivity contribution in [2.45, 2.75) is 107 Å². The summed E-state index contributed by atoms with van der Waals surface area (Å²) >= 11 is 0. The molecule has 0 radical (unpaired) electrons. The summed E-state index contributed by atoms with van der Waals surface area (Å²) in [5, 5.41) is 16.8. The molecule has 0 bridgehead atoms. The number of benzene rings is 6. The number of nitrogens with one attached hydrogen (secondary N) is 6. The Morgan fingerprint density at radius 2 is 0.651 bits per heavy atom. The number of halogens is 3. The van der Waals surface area contributed by atoms with Gasteiger partial charge in [-0.25, -0.2) is 4.79 Å². The van der Waals surface area contributed by atoms with Crippen molar-refractivity contribution in [2.24, 2.45) is 17.2 Å². The third kappa shape index (κ3) is 19.8. The van der Waals surface area contributed by atoms with Crippen molar-refractivity contribution < 1.29 is 51.5 Å². The van der Waals surface area contributed by atoms with Gasteiger partial charge in [-0.1, -0.05) is 127 Å². The summed E-state index contributed by atoms with van der Waals surface area (Å²) in [6, 6.07) is 40.6. The fourth-order valence-corrected chi connectivity index (χ4v) is 9.29. The van der Waals surface area contributed by atoms with Crippen molar-refractivity contribution in [3.8, 4) is 0 Å². The molecule has 17 nitrogen and oxygen atoms in total. The molecule has 83 heavy (non-hydrogen) atoms. The zero-order valence-corrected chi connectivity index (χ0v) is 46.1. The molecule has 0 fully saturated rings. The summed E-state index contributed by atoms with van der Waals surface area (Å²) in [6.07, 6.45) is -1.43. The predicted molar refractivity (Wildman–Crippen MR) is 312 cm³/mol. The van der Waals surface area contributed by atoms with Gasteiger partial charge < -0.3 is 53.8 Å². The van der Waals surface area contributed by atoms with Crippen LogP contribution in [0.4, 0.5) is 30.2 Å². The minimum absolute atomic E-state index is 0.0158. The van der Waals surface area contributed by atoms with Gasteiger partial charge in [0.05, 0.1) is 19.3 Å². The highest BCUT2D eigenvalue weighted by atomic mass is 19.4. The zero-order valence-electron chi connectivity index (χ0n) is 46.1. The molecule has 6 aromatic carbocycles. The van der Waals surface area contributed by atoms with Gasteiger partial charge in [-0.2, -0.15) is 13.2 Å². The van der Waals surface area contributed by atoms with Gasteiger partial charge in [0.2, 0.25) is 35.4 Å². The van der Waals surface area contributed by atoms with Gasteiger partial charge >= 0.3 is 12.1 Å². The van der Waals surface area contributed by atoms with E-state index in [2.05, 4.69) is 31.9 Å². The molecule has 6 rings (SSSR count). The van der Waals surface area contributed by atoms with E-state index in [1.807, 2.05) is 18.2 Å². The standard InChI is InChI=1S/C63H72F3N9O8/c64-63(65,66)61(82)83-62(46-25-31-49(32-26-46)70-58(79)52(22-10-13-37-67)73-55(76)40-43-16-4-1-5-17-43,47-27-33-50(34-28-47)71-59(80)53(23-11-14-38-68)74-56(77)41-44-18-6-2-7-19-44)48-29-35-51(36-30-48)72-60(81)54(24-12-15-39-69)75-57(78)42-45-20-8-3-9-21-45/h1-9,16-21,25-36,52-54H,10-15,22-24,37-42,67-69H2,(H,70,79)(H,71,80)(H,72,81)(H,73,76)(H,74,77)(H,75,78)/t52-,53-,54-/m0/s1. The average Bonchev–Trinajstić information content (AvgIpc) is 3.61. The van der Waals surface area contributed by atoms with Crippen LogP contribution in [0.5, 0.6) is 0 Å². The molecule has 0 aliphatic heterocycles. The van der Waals surface area contributed by atoms with Gasteiger partial charge in [-0.05, 0) is 131 Å². The van der Waals surface area contributed by atoms with Gasteiger partial charge in [-0.3, -0.25) is 28.8 Å². The average molecular weight is 1140 g/mol. The number of carbonyl (C=O) groups is 7. The Balaban J connectivity index is 1.35. The molecular weight excluding hydrogens is 1070 g/mol. The minimum atomic E-state index is -5.52. The van der Waals surface area contributed by atoms with Crippen LogP contribution in [0.1, 0.15) is 91.2 Å². The lowest BCUT2D eigenvalue weighted by Gasteiger charge is -2.36. The normalized spacial score (nSPS) is 12.4. The number of alkyl halides is 3. The smallest absolute Gasteiger partial charge is 0.438 e. The molecule has 20 heteroatoms. The number of amides is 6. The van der Waals surface area contributed by atoms with E-state index in [1.165, 1.54) is 72.8 Å². The van der Waals surface area contributed by atoms with Crippen LogP contribution in [0.2, 0.25) is 0 Å². The lowest BCUT2D eigenvalue weighted by Crippen LogP contribution is -2.44. The molecule has 0 heterocycles. The van der Waals surface area contributed by atoms with Gasteiger partial charge in [-0.15, -0.1) is 0 Å². The van der Waals surface area contributed by atoms with Gasteiger partial charge in [0, 0.05) is 33.8 Å². The number of hydrogen-bond donors (Lipinski definition) is 9. The first-order chi connectivity index (χ1) is 40.0. The topological polar surface area (TPSA) is 279 Å². The van der Waals surface area contributed by atoms with E-state index in [0.29, 0.717) is 58.2 Å². The Morgan fingerprint density at radius 1 is 0.386 bits per heavy atom. The number of carbonyl (C=O) groups excluding carboxylic acids is 7. The first kappa shape index (κ1) is 63.5. The third-order valence-corrected chi connectivity index (χ3v) is 13.6. The van der Waals surface area contributed by atoms with Crippen molar-refractivity contribution in [1.29, 1.82) is 0 Å². The summed E-state index contributed by atoms with van der Waals surface area (Å²) in [5.41, 5.74) is 17.5. The van der Waals surface area contributed by atoms with Crippen LogP contribution < -0.4 is 49.1 Å². The van der Waals surface area contributed by atoms with Gasteiger partial charge in [0.25, 0.3) is 0 Å². The van der Waals surface area contributed by atoms with E-state index in [9.17, 15) is 46.7 Å². The molecule has 12 N–H and O–H groups in total.